The third kappa shape index (κ3) is 4.69. The molecule has 1 aromatic heterocycles. The number of carbonyl (C=O) groups is 2. The van der Waals surface area contributed by atoms with Gasteiger partial charge in [0.15, 0.2) is 0 Å². The summed E-state index contributed by atoms with van der Waals surface area (Å²) in [6.45, 7) is 3.68. The summed E-state index contributed by atoms with van der Waals surface area (Å²) >= 11 is 3.37. The fourth-order valence-electron chi connectivity index (χ4n) is 2.10. The van der Waals surface area contributed by atoms with Crippen LogP contribution in [0.25, 0.3) is 0 Å². The second-order valence-electron chi connectivity index (χ2n) is 4.85. The number of ether oxygens (including phenoxy) is 2. The number of halogens is 1. The normalized spacial score (nSPS) is 11.8. The number of rotatable bonds is 6. The first-order valence-corrected chi connectivity index (χ1v) is 7.96. The zero-order valence-electron chi connectivity index (χ0n) is 12.9. The highest BCUT2D eigenvalue weighted by molar-refractivity contribution is 9.10. The predicted molar refractivity (Wildman–Crippen MR) is 87.0 cm³/mol. The standard InChI is InChI=1S/C17H17BrO5/c1-3-21-16(19)10-15(12-5-4-6-13(18)9-12)23-17(20)14-7-8-22-11(14)2/h4-9,15H,3,10H2,1-2H3/t15-/m0/s1. The van der Waals surface area contributed by atoms with Gasteiger partial charge in [-0.1, -0.05) is 28.1 Å². The Morgan fingerprint density at radius 2 is 2.09 bits per heavy atom. The maximum absolute atomic E-state index is 12.3. The first kappa shape index (κ1) is 17.3. The van der Waals surface area contributed by atoms with Crippen LogP contribution in [0.1, 0.15) is 41.1 Å². The molecule has 0 bridgehead atoms. The van der Waals surface area contributed by atoms with Crippen molar-refractivity contribution in [2.75, 3.05) is 6.61 Å². The Kier molecular flexibility index (Phi) is 5.98. The minimum Gasteiger partial charge on any atom is -0.469 e. The van der Waals surface area contributed by atoms with E-state index < -0.39 is 18.0 Å². The fourth-order valence-corrected chi connectivity index (χ4v) is 2.51. The van der Waals surface area contributed by atoms with Crippen molar-refractivity contribution in [3.63, 3.8) is 0 Å². The molecular weight excluding hydrogens is 364 g/mol. The molecule has 2 aromatic rings. The van der Waals surface area contributed by atoms with E-state index in [2.05, 4.69) is 15.9 Å². The monoisotopic (exact) mass is 380 g/mol. The zero-order chi connectivity index (χ0) is 16.8. The summed E-state index contributed by atoms with van der Waals surface area (Å²) in [7, 11) is 0. The van der Waals surface area contributed by atoms with E-state index in [0.717, 1.165) is 4.47 Å². The molecule has 0 aliphatic rings. The number of benzene rings is 1. The van der Waals surface area contributed by atoms with Crippen LogP contribution >= 0.6 is 15.9 Å². The minimum absolute atomic E-state index is 0.0487. The van der Waals surface area contributed by atoms with Gasteiger partial charge < -0.3 is 13.9 Å². The van der Waals surface area contributed by atoms with E-state index in [0.29, 0.717) is 16.9 Å². The van der Waals surface area contributed by atoms with Crippen molar-refractivity contribution >= 4 is 27.9 Å². The first-order chi connectivity index (χ1) is 11.0. The van der Waals surface area contributed by atoms with Crippen molar-refractivity contribution in [3.05, 3.63) is 58.0 Å². The molecule has 5 nitrogen and oxygen atoms in total. The number of furan rings is 1. The molecule has 0 unspecified atom stereocenters. The third-order valence-electron chi connectivity index (χ3n) is 3.21. The second kappa shape index (κ2) is 7.97. The molecule has 0 fully saturated rings. The van der Waals surface area contributed by atoms with Gasteiger partial charge in [-0.2, -0.15) is 0 Å². The van der Waals surface area contributed by atoms with Gasteiger partial charge in [0.2, 0.25) is 0 Å². The largest absolute Gasteiger partial charge is 0.469 e. The molecule has 1 aromatic carbocycles. The maximum Gasteiger partial charge on any atom is 0.342 e. The Labute approximate surface area is 142 Å². The molecule has 0 amide bonds. The Morgan fingerprint density at radius 3 is 2.70 bits per heavy atom. The molecule has 0 N–H and O–H groups in total. The van der Waals surface area contributed by atoms with Gasteiger partial charge in [0.1, 0.15) is 17.4 Å². The molecule has 0 radical (unpaired) electrons. The topological polar surface area (TPSA) is 65.7 Å². The lowest BCUT2D eigenvalue weighted by atomic mass is 10.1. The Morgan fingerprint density at radius 1 is 1.30 bits per heavy atom. The van der Waals surface area contributed by atoms with Crippen LogP contribution in [0, 0.1) is 6.92 Å². The van der Waals surface area contributed by atoms with Gasteiger partial charge in [-0.25, -0.2) is 4.79 Å². The average molecular weight is 381 g/mol. The summed E-state index contributed by atoms with van der Waals surface area (Å²) in [5.74, 6) is -0.487. The van der Waals surface area contributed by atoms with E-state index in [1.165, 1.54) is 6.26 Å². The van der Waals surface area contributed by atoms with Gasteiger partial charge in [-0.05, 0) is 37.6 Å². The predicted octanol–water partition coefficient (Wildman–Crippen LogP) is 4.20. The number of aryl methyl sites for hydroxylation is 1. The van der Waals surface area contributed by atoms with Gasteiger partial charge in [0, 0.05) is 4.47 Å². The lowest BCUT2D eigenvalue weighted by Gasteiger charge is -2.18. The van der Waals surface area contributed by atoms with Crippen molar-refractivity contribution in [1.29, 1.82) is 0 Å². The van der Waals surface area contributed by atoms with Crippen LogP contribution in [0.3, 0.4) is 0 Å². The Bertz CT molecular complexity index is 692. The smallest absolute Gasteiger partial charge is 0.342 e. The molecule has 0 aliphatic carbocycles. The molecule has 0 saturated heterocycles. The molecule has 1 heterocycles. The number of carbonyl (C=O) groups excluding carboxylic acids is 2. The summed E-state index contributed by atoms with van der Waals surface area (Å²) < 4.78 is 16.4. The third-order valence-corrected chi connectivity index (χ3v) is 3.70. The number of esters is 2. The van der Waals surface area contributed by atoms with Gasteiger partial charge in [-0.15, -0.1) is 0 Å². The second-order valence-corrected chi connectivity index (χ2v) is 5.76. The average Bonchev–Trinajstić information content (AvgIpc) is 2.93. The molecule has 0 saturated carbocycles. The minimum atomic E-state index is -0.728. The first-order valence-electron chi connectivity index (χ1n) is 7.17. The van der Waals surface area contributed by atoms with Gasteiger partial charge in [0.05, 0.1) is 19.3 Å². The van der Waals surface area contributed by atoms with Crippen LogP contribution in [0.2, 0.25) is 0 Å². The summed E-state index contributed by atoms with van der Waals surface area (Å²) in [4.78, 5) is 24.1. The highest BCUT2D eigenvalue weighted by atomic mass is 79.9. The lowest BCUT2D eigenvalue weighted by Crippen LogP contribution is -2.17. The molecule has 122 valence electrons. The van der Waals surface area contributed by atoms with Crippen LogP contribution in [0.5, 0.6) is 0 Å². The highest BCUT2D eigenvalue weighted by Gasteiger charge is 2.24. The van der Waals surface area contributed by atoms with Crippen LogP contribution in [-0.4, -0.2) is 18.5 Å². The van der Waals surface area contributed by atoms with Crippen molar-refractivity contribution in [3.8, 4) is 0 Å². The van der Waals surface area contributed by atoms with Gasteiger partial charge in [-0.3, -0.25) is 4.79 Å². The summed E-state index contributed by atoms with van der Waals surface area (Å²) in [6.07, 6.45) is 0.645. The Hall–Kier alpha value is -2.08. The van der Waals surface area contributed by atoms with Crippen molar-refractivity contribution in [1.82, 2.24) is 0 Å². The quantitative estimate of drug-likeness (QED) is 0.702. The van der Waals surface area contributed by atoms with E-state index in [1.54, 1.807) is 32.0 Å². The summed E-state index contributed by atoms with van der Waals surface area (Å²) in [5, 5.41) is 0. The van der Waals surface area contributed by atoms with Crippen LogP contribution < -0.4 is 0 Å². The van der Waals surface area contributed by atoms with E-state index >= 15 is 0 Å². The summed E-state index contributed by atoms with van der Waals surface area (Å²) in [5.41, 5.74) is 1.05. The van der Waals surface area contributed by atoms with Crippen LogP contribution in [0.15, 0.2) is 45.5 Å². The molecule has 1 atom stereocenters. The van der Waals surface area contributed by atoms with Crippen molar-refractivity contribution in [2.24, 2.45) is 0 Å². The van der Waals surface area contributed by atoms with E-state index in [9.17, 15) is 9.59 Å². The highest BCUT2D eigenvalue weighted by Crippen LogP contribution is 2.26. The molecule has 23 heavy (non-hydrogen) atoms. The number of hydrogen-bond acceptors (Lipinski definition) is 5. The molecule has 0 spiro atoms. The van der Waals surface area contributed by atoms with Crippen molar-refractivity contribution in [2.45, 2.75) is 26.4 Å². The van der Waals surface area contributed by atoms with Gasteiger partial charge >= 0.3 is 11.9 Å². The van der Waals surface area contributed by atoms with Gasteiger partial charge in [0.25, 0.3) is 0 Å². The lowest BCUT2D eigenvalue weighted by molar-refractivity contribution is -0.145. The molecule has 6 heteroatoms. The zero-order valence-corrected chi connectivity index (χ0v) is 14.5. The molecule has 2 rings (SSSR count). The Balaban J connectivity index is 2.21. The van der Waals surface area contributed by atoms with E-state index in [1.807, 2.05) is 12.1 Å². The SMILES string of the molecule is CCOC(=O)C[C@H](OC(=O)c1ccoc1C)c1cccc(Br)c1. The molecule has 0 aliphatic heterocycles. The van der Waals surface area contributed by atoms with Crippen LogP contribution in [0.4, 0.5) is 0 Å². The van der Waals surface area contributed by atoms with E-state index in [-0.39, 0.29) is 13.0 Å². The summed E-state index contributed by atoms with van der Waals surface area (Å²) in [6, 6.07) is 8.81. The van der Waals surface area contributed by atoms with E-state index in [4.69, 9.17) is 13.9 Å². The number of hydrogen-bond donors (Lipinski definition) is 0. The van der Waals surface area contributed by atoms with Crippen LogP contribution in [-0.2, 0) is 14.3 Å². The fraction of sp³-hybridized carbons (Fsp3) is 0.294. The van der Waals surface area contributed by atoms with Crippen molar-refractivity contribution < 1.29 is 23.5 Å². The molecular formula is C17H17BrO5. The maximum atomic E-state index is 12.3.